The summed E-state index contributed by atoms with van der Waals surface area (Å²) in [7, 11) is 1.86. The first kappa shape index (κ1) is 17.0. The van der Waals surface area contributed by atoms with E-state index >= 15 is 0 Å². The molecule has 0 bridgehead atoms. The van der Waals surface area contributed by atoms with E-state index in [-0.39, 0.29) is 11.9 Å². The predicted octanol–water partition coefficient (Wildman–Crippen LogP) is 2.00. The van der Waals surface area contributed by atoms with Crippen LogP contribution in [0.1, 0.15) is 30.8 Å². The fourth-order valence-corrected chi connectivity index (χ4v) is 1.98. The van der Waals surface area contributed by atoms with Gasteiger partial charge in [-0.05, 0) is 32.5 Å². The van der Waals surface area contributed by atoms with Crippen molar-refractivity contribution in [3.8, 4) is 11.4 Å². The Bertz CT molecular complexity index is 625. The zero-order valence-electron chi connectivity index (χ0n) is 13.9. The van der Waals surface area contributed by atoms with Crippen LogP contribution in [0.3, 0.4) is 0 Å². The van der Waals surface area contributed by atoms with Gasteiger partial charge in [0.05, 0.1) is 18.5 Å². The molecule has 0 aliphatic heterocycles. The van der Waals surface area contributed by atoms with Crippen molar-refractivity contribution in [3.63, 3.8) is 0 Å². The minimum Gasteiger partial charge on any atom is -0.489 e. The number of amides is 1. The summed E-state index contributed by atoms with van der Waals surface area (Å²) in [6, 6.07) is 9.85. The lowest BCUT2D eigenvalue weighted by molar-refractivity contribution is 0.0941. The maximum Gasteiger partial charge on any atom is 0.275 e. The van der Waals surface area contributed by atoms with Gasteiger partial charge in [0.1, 0.15) is 0 Å². The first-order chi connectivity index (χ1) is 11.2. The number of hydrogen-bond acceptors (Lipinski definition) is 4. The number of carbonyl (C=O) groups excluding carboxylic acids is 1. The van der Waals surface area contributed by atoms with E-state index in [4.69, 9.17) is 4.74 Å². The number of carbonyl (C=O) groups is 1. The van der Waals surface area contributed by atoms with Crippen molar-refractivity contribution in [2.24, 2.45) is 0 Å². The second-order valence-corrected chi connectivity index (χ2v) is 5.37. The second-order valence-electron chi connectivity index (χ2n) is 5.37. The molecule has 0 aliphatic carbocycles. The monoisotopic (exact) mass is 316 g/mol. The highest BCUT2D eigenvalue weighted by atomic mass is 16.5. The fourth-order valence-electron chi connectivity index (χ4n) is 1.98. The predicted molar refractivity (Wildman–Crippen MR) is 90.2 cm³/mol. The zero-order valence-corrected chi connectivity index (χ0v) is 13.9. The summed E-state index contributed by atoms with van der Waals surface area (Å²) in [5.74, 6) is 0.276. The van der Waals surface area contributed by atoms with Crippen molar-refractivity contribution in [1.82, 2.24) is 20.4 Å². The molecule has 0 saturated heterocycles. The average molecular weight is 316 g/mol. The van der Waals surface area contributed by atoms with Gasteiger partial charge in [0.2, 0.25) is 0 Å². The Labute approximate surface area is 136 Å². The van der Waals surface area contributed by atoms with Gasteiger partial charge in [-0.15, -0.1) is 0 Å². The van der Waals surface area contributed by atoms with E-state index in [2.05, 4.69) is 15.7 Å². The van der Waals surface area contributed by atoms with E-state index < -0.39 is 0 Å². The Kier molecular flexibility index (Phi) is 6.17. The Morgan fingerprint density at radius 3 is 2.74 bits per heavy atom. The van der Waals surface area contributed by atoms with Gasteiger partial charge in [0, 0.05) is 12.6 Å². The number of nitrogens with one attached hydrogen (secondary N) is 2. The molecule has 6 heteroatoms. The quantitative estimate of drug-likeness (QED) is 0.781. The fraction of sp³-hybridized carbons (Fsp3) is 0.412. The van der Waals surface area contributed by atoms with Crippen LogP contribution in [0.5, 0.6) is 5.75 Å². The van der Waals surface area contributed by atoms with Crippen molar-refractivity contribution in [1.29, 1.82) is 0 Å². The van der Waals surface area contributed by atoms with Crippen molar-refractivity contribution in [2.75, 3.05) is 20.2 Å². The summed E-state index contributed by atoms with van der Waals surface area (Å²) >= 11 is 0. The minimum absolute atomic E-state index is 0.190. The summed E-state index contributed by atoms with van der Waals surface area (Å²) < 4.78 is 7.35. The van der Waals surface area contributed by atoms with Crippen molar-refractivity contribution < 1.29 is 9.53 Å². The highest BCUT2D eigenvalue weighted by Crippen LogP contribution is 2.20. The molecule has 0 fully saturated rings. The molecule has 2 aromatic rings. The smallest absolute Gasteiger partial charge is 0.275 e. The molecule has 1 aromatic carbocycles. The Balaban J connectivity index is 2.22. The number of rotatable bonds is 8. The first-order valence-electron chi connectivity index (χ1n) is 7.89. The highest BCUT2D eigenvalue weighted by molar-refractivity contribution is 5.95. The number of para-hydroxylation sites is 1. The molecule has 2 rings (SSSR count). The van der Waals surface area contributed by atoms with Gasteiger partial charge < -0.3 is 15.4 Å². The summed E-state index contributed by atoms with van der Waals surface area (Å²) in [6.07, 6.45) is 2.62. The molecule has 1 unspecified atom stereocenters. The largest absolute Gasteiger partial charge is 0.489 e. The topological polar surface area (TPSA) is 68.2 Å². The van der Waals surface area contributed by atoms with E-state index in [1.165, 1.54) is 0 Å². The SMILES string of the molecule is CCCOc1cn(-c2ccccc2)nc1C(=O)NCC(C)NC. The lowest BCUT2D eigenvalue weighted by Crippen LogP contribution is -2.37. The summed E-state index contributed by atoms with van der Waals surface area (Å²) in [5.41, 5.74) is 1.20. The molecule has 6 nitrogen and oxygen atoms in total. The number of hydrogen-bond donors (Lipinski definition) is 2. The number of aromatic nitrogens is 2. The molecule has 1 amide bonds. The summed E-state index contributed by atoms with van der Waals surface area (Å²) in [4.78, 5) is 12.4. The van der Waals surface area contributed by atoms with Gasteiger partial charge in [0.15, 0.2) is 11.4 Å². The molecule has 0 aliphatic rings. The minimum atomic E-state index is -0.229. The Morgan fingerprint density at radius 1 is 1.35 bits per heavy atom. The second kappa shape index (κ2) is 8.33. The van der Waals surface area contributed by atoms with Crippen molar-refractivity contribution in [3.05, 3.63) is 42.2 Å². The lowest BCUT2D eigenvalue weighted by atomic mass is 10.3. The van der Waals surface area contributed by atoms with E-state index in [1.807, 2.05) is 51.2 Å². The third-order valence-corrected chi connectivity index (χ3v) is 3.44. The summed E-state index contributed by atoms with van der Waals surface area (Å²) in [6.45, 7) is 5.10. The van der Waals surface area contributed by atoms with Crippen LogP contribution in [-0.4, -0.2) is 41.9 Å². The van der Waals surface area contributed by atoms with Crippen molar-refractivity contribution in [2.45, 2.75) is 26.3 Å². The normalized spacial score (nSPS) is 12.0. The molecule has 0 saturated carbocycles. The molecule has 1 atom stereocenters. The van der Waals surface area contributed by atoms with E-state index in [0.29, 0.717) is 24.6 Å². The lowest BCUT2D eigenvalue weighted by Gasteiger charge is -2.11. The van der Waals surface area contributed by atoms with Crippen LogP contribution in [0.2, 0.25) is 0 Å². The van der Waals surface area contributed by atoms with Gasteiger partial charge in [-0.3, -0.25) is 4.79 Å². The highest BCUT2D eigenvalue weighted by Gasteiger charge is 2.19. The summed E-state index contributed by atoms with van der Waals surface area (Å²) in [5, 5.41) is 10.4. The Hall–Kier alpha value is -2.34. The van der Waals surface area contributed by atoms with Crippen LogP contribution >= 0.6 is 0 Å². The molecular formula is C17H24N4O2. The van der Waals surface area contributed by atoms with Gasteiger partial charge in [-0.25, -0.2) is 4.68 Å². The van der Waals surface area contributed by atoms with Gasteiger partial charge in [-0.1, -0.05) is 25.1 Å². The van der Waals surface area contributed by atoms with Crippen LogP contribution < -0.4 is 15.4 Å². The van der Waals surface area contributed by atoms with E-state index in [9.17, 15) is 4.79 Å². The number of ether oxygens (including phenoxy) is 1. The number of likely N-dealkylation sites (N-methyl/N-ethyl adjacent to an activating group) is 1. The molecule has 0 radical (unpaired) electrons. The van der Waals surface area contributed by atoms with Crippen LogP contribution in [0.25, 0.3) is 5.69 Å². The maximum atomic E-state index is 12.4. The van der Waals surface area contributed by atoms with E-state index in [0.717, 1.165) is 12.1 Å². The van der Waals surface area contributed by atoms with Gasteiger partial charge in [0.25, 0.3) is 5.91 Å². The average Bonchev–Trinajstić information content (AvgIpc) is 3.02. The van der Waals surface area contributed by atoms with Crippen LogP contribution in [-0.2, 0) is 0 Å². The molecule has 2 N–H and O–H groups in total. The standard InChI is InChI=1S/C17H24N4O2/c1-4-10-23-15-12-21(14-8-6-5-7-9-14)20-16(15)17(22)19-11-13(2)18-3/h5-9,12-13,18H,4,10-11H2,1-3H3,(H,19,22). The Morgan fingerprint density at radius 2 is 2.09 bits per heavy atom. The maximum absolute atomic E-state index is 12.4. The van der Waals surface area contributed by atoms with Crippen LogP contribution in [0.15, 0.2) is 36.5 Å². The van der Waals surface area contributed by atoms with E-state index in [1.54, 1.807) is 10.9 Å². The van der Waals surface area contributed by atoms with Gasteiger partial charge >= 0.3 is 0 Å². The third-order valence-electron chi connectivity index (χ3n) is 3.44. The third kappa shape index (κ3) is 4.56. The number of nitrogens with zero attached hydrogens (tertiary/aromatic N) is 2. The van der Waals surface area contributed by atoms with Crippen molar-refractivity contribution >= 4 is 5.91 Å². The molecule has 0 spiro atoms. The molecule has 23 heavy (non-hydrogen) atoms. The zero-order chi connectivity index (χ0) is 16.7. The molecular weight excluding hydrogens is 292 g/mol. The first-order valence-corrected chi connectivity index (χ1v) is 7.89. The molecule has 124 valence electrons. The molecule has 1 aromatic heterocycles. The van der Waals surface area contributed by atoms with Crippen LogP contribution in [0.4, 0.5) is 0 Å². The van der Waals surface area contributed by atoms with Crippen LogP contribution in [0, 0.1) is 0 Å². The number of benzene rings is 1. The molecule has 1 heterocycles. The van der Waals surface area contributed by atoms with Gasteiger partial charge in [-0.2, -0.15) is 5.10 Å².